The summed E-state index contributed by atoms with van der Waals surface area (Å²) < 4.78 is 7.02. The van der Waals surface area contributed by atoms with Crippen LogP contribution in [0.1, 0.15) is 47.0 Å². The summed E-state index contributed by atoms with van der Waals surface area (Å²) in [6.45, 7) is 7.84. The van der Waals surface area contributed by atoms with Gasteiger partial charge in [0.15, 0.2) is 0 Å². The molecule has 1 saturated heterocycles. The molecule has 2 amide bonds. The number of hydrogen-bond acceptors (Lipinski definition) is 7. The molecule has 0 radical (unpaired) electrons. The Morgan fingerprint density at radius 3 is 2.63 bits per heavy atom. The number of nitrogens with one attached hydrogen (secondary N) is 1. The van der Waals surface area contributed by atoms with Gasteiger partial charge < -0.3 is 20.1 Å². The SMILES string of the molecule is CCC[C@@H]1C=C[C@H]2[C@H](C(=O)N([C@@H](CO)CC(C)C)[C@@H]2C(=O)NCn2nnc3ccccc32)[C@@H]1C(=O)OCC. The highest BCUT2D eigenvalue weighted by Crippen LogP contribution is 2.46. The number of likely N-dealkylation sites (tertiary alicyclic amines) is 1. The molecule has 0 unspecified atom stereocenters. The topological polar surface area (TPSA) is 127 Å². The van der Waals surface area contributed by atoms with Gasteiger partial charge in [0, 0.05) is 5.92 Å². The molecule has 0 spiro atoms. The lowest BCUT2D eigenvalue weighted by Crippen LogP contribution is -2.52. The van der Waals surface area contributed by atoms with E-state index in [4.69, 9.17) is 4.74 Å². The number of carbonyl (C=O) groups excluding carboxylic acids is 3. The number of rotatable bonds is 11. The Hall–Kier alpha value is -3.27. The molecule has 1 aliphatic carbocycles. The number of aliphatic hydroxyl groups excluding tert-OH is 1. The van der Waals surface area contributed by atoms with E-state index in [0.29, 0.717) is 11.9 Å². The summed E-state index contributed by atoms with van der Waals surface area (Å²) in [4.78, 5) is 42.6. The van der Waals surface area contributed by atoms with Crippen LogP contribution < -0.4 is 5.32 Å². The van der Waals surface area contributed by atoms with Crippen molar-refractivity contribution >= 4 is 28.8 Å². The van der Waals surface area contributed by atoms with E-state index in [1.807, 2.05) is 57.2 Å². The number of fused-ring (bicyclic) bond motifs is 2. The van der Waals surface area contributed by atoms with E-state index in [-0.39, 0.29) is 43.5 Å². The van der Waals surface area contributed by atoms with Gasteiger partial charge in [-0.15, -0.1) is 5.10 Å². The van der Waals surface area contributed by atoms with Crippen LogP contribution in [0, 0.1) is 29.6 Å². The number of aromatic nitrogens is 3. The molecule has 0 saturated carbocycles. The molecule has 6 atom stereocenters. The Balaban J connectivity index is 1.68. The molecule has 0 bridgehead atoms. The van der Waals surface area contributed by atoms with Crippen molar-refractivity contribution in [2.75, 3.05) is 13.2 Å². The van der Waals surface area contributed by atoms with Crippen molar-refractivity contribution in [2.24, 2.45) is 29.6 Å². The largest absolute Gasteiger partial charge is 0.466 e. The standard InChI is InChI=1S/C28H39N5O5/c1-5-9-18-12-13-20-24(23(18)28(37)38-6-2)27(36)33(19(15-34)14-17(3)4)25(20)26(35)29-16-32-22-11-8-7-10-21(22)30-31-32/h7-8,10-13,17-20,23-25,34H,5-6,9,14-16H2,1-4H3,(H,29,35)/t18-,19-,20+,23-,24+,25+/m1/s1. The number of hydrogen-bond donors (Lipinski definition) is 2. The molecule has 10 heteroatoms. The summed E-state index contributed by atoms with van der Waals surface area (Å²) >= 11 is 0. The minimum Gasteiger partial charge on any atom is -0.466 e. The van der Waals surface area contributed by atoms with Crippen molar-refractivity contribution in [3.63, 3.8) is 0 Å². The molecule has 38 heavy (non-hydrogen) atoms. The van der Waals surface area contributed by atoms with E-state index < -0.39 is 35.8 Å². The molecule has 206 valence electrons. The predicted octanol–water partition coefficient (Wildman–Crippen LogP) is 2.52. The van der Waals surface area contributed by atoms with Crippen LogP contribution in [0.3, 0.4) is 0 Å². The molecule has 4 rings (SSSR count). The first-order valence-electron chi connectivity index (χ1n) is 13.7. The highest BCUT2D eigenvalue weighted by molar-refractivity contribution is 5.96. The Bertz CT molecular complexity index is 1180. The summed E-state index contributed by atoms with van der Waals surface area (Å²) in [5.41, 5.74) is 1.49. The zero-order valence-electron chi connectivity index (χ0n) is 22.6. The molecule has 1 aromatic carbocycles. The predicted molar refractivity (Wildman–Crippen MR) is 141 cm³/mol. The van der Waals surface area contributed by atoms with E-state index in [0.717, 1.165) is 18.4 Å². The monoisotopic (exact) mass is 525 g/mol. The van der Waals surface area contributed by atoms with Crippen molar-refractivity contribution < 1.29 is 24.2 Å². The number of allylic oxidation sites excluding steroid dienone is 1. The van der Waals surface area contributed by atoms with E-state index >= 15 is 0 Å². The van der Waals surface area contributed by atoms with E-state index in [1.165, 1.54) is 4.90 Å². The quantitative estimate of drug-likeness (QED) is 0.341. The third-order valence-electron chi connectivity index (χ3n) is 7.67. The Morgan fingerprint density at radius 1 is 1.18 bits per heavy atom. The molecule has 2 N–H and O–H groups in total. The maximum absolute atomic E-state index is 14.1. The van der Waals surface area contributed by atoms with Crippen molar-refractivity contribution in [3.8, 4) is 0 Å². The van der Waals surface area contributed by atoms with Crippen molar-refractivity contribution in [2.45, 2.75) is 65.7 Å². The van der Waals surface area contributed by atoms with Crippen LogP contribution in [0.5, 0.6) is 0 Å². The van der Waals surface area contributed by atoms with Gasteiger partial charge in [-0.2, -0.15) is 0 Å². The van der Waals surface area contributed by atoms with Gasteiger partial charge in [0.1, 0.15) is 18.2 Å². The molecule has 1 fully saturated rings. The van der Waals surface area contributed by atoms with Crippen LogP contribution in [0.15, 0.2) is 36.4 Å². The van der Waals surface area contributed by atoms with E-state index in [9.17, 15) is 19.5 Å². The van der Waals surface area contributed by atoms with E-state index in [1.54, 1.807) is 11.6 Å². The second kappa shape index (κ2) is 12.1. The first-order valence-corrected chi connectivity index (χ1v) is 13.7. The fourth-order valence-electron chi connectivity index (χ4n) is 6.12. The van der Waals surface area contributed by atoms with Crippen molar-refractivity contribution in [3.05, 3.63) is 36.4 Å². The maximum atomic E-state index is 14.1. The average Bonchev–Trinajstić information content (AvgIpc) is 3.44. The summed E-state index contributed by atoms with van der Waals surface area (Å²) in [6.07, 6.45) is 6.03. The van der Waals surface area contributed by atoms with Crippen LogP contribution in [-0.2, 0) is 25.8 Å². The first kappa shape index (κ1) is 27.8. The third-order valence-corrected chi connectivity index (χ3v) is 7.67. The minimum absolute atomic E-state index is 0.0761. The van der Waals surface area contributed by atoms with Gasteiger partial charge in [0.05, 0.1) is 36.6 Å². The summed E-state index contributed by atoms with van der Waals surface area (Å²) in [5, 5.41) is 21.5. The highest BCUT2D eigenvalue weighted by Gasteiger charge is 2.58. The van der Waals surface area contributed by atoms with Crippen molar-refractivity contribution in [1.29, 1.82) is 0 Å². The van der Waals surface area contributed by atoms with Gasteiger partial charge >= 0.3 is 5.97 Å². The zero-order chi connectivity index (χ0) is 27.4. The van der Waals surface area contributed by atoms with Crippen LogP contribution in [0.4, 0.5) is 0 Å². The Labute approximate surface area is 223 Å². The van der Waals surface area contributed by atoms with Gasteiger partial charge in [-0.1, -0.05) is 56.7 Å². The molecule has 1 aromatic heterocycles. The van der Waals surface area contributed by atoms with Crippen LogP contribution in [0.25, 0.3) is 11.0 Å². The molecular formula is C28H39N5O5. The fourth-order valence-corrected chi connectivity index (χ4v) is 6.12. The summed E-state index contributed by atoms with van der Waals surface area (Å²) in [6, 6.07) is 6.04. The van der Waals surface area contributed by atoms with Crippen LogP contribution in [-0.4, -0.2) is 68.1 Å². The van der Waals surface area contributed by atoms with Gasteiger partial charge in [-0.3, -0.25) is 14.4 Å². The fraction of sp³-hybridized carbons (Fsp3) is 0.607. The van der Waals surface area contributed by atoms with Crippen LogP contribution >= 0.6 is 0 Å². The number of ether oxygens (including phenoxy) is 1. The van der Waals surface area contributed by atoms with Gasteiger partial charge in [-0.05, 0) is 43.7 Å². The zero-order valence-corrected chi connectivity index (χ0v) is 22.6. The summed E-state index contributed by atoms with van der Waals surface area (Å²) in [5.74, 6) is -2.89. The highest BCUT2D eigenvalue weighted by atomic mass is 16.5. The third kappa shape index (κ3) is 5.32. The normalized spacial score (nSPS) is 25.6. The number of para-hydroxylation sites is 1. The maximum Gasteiger partial charge on any atom is 0.310 e. The second-order valence-corrected chi connectivity index (χ2v) is 10.7. The lowest BCUT2D eigenvalue weighted by molar-refractivity contribution is -0.156. The Kier molecular flexibility index (Phi) is 8.81. The number of amides is 2. The summed E-state index contributed by atoms with van der Waals surface area (Å²) in [7, 11) is 0. The average molecular weight is 526 g/mol. The molecule has 1 aliphatic heterocycles. The lowest BCUT2D eigenvalue weighted by atomic mass is 9.69. The molecular weight excluding hydrogens is 486 g/mol. The van der Waals surface area contributed by atoms with Gasteiger partial charge in [-0.25, -0.2) is 4.68 Å². The first-order chi connectivity index (χ1) is 18.3. The van der Waals surface area contributed by atoms with Crippen molar-refractivity contribution in [1.82, 2.24) is 25.2 Å². The minimum atomic E-state index is -0.867. The number of aliphatic hydroxyl groups is 1. The number of nitrogens with zero attached hydrogens (tertiary/aromatic N) is 4. The number of benzene rings is 1. The molecule has 10 nitrogen and oxygen atoms in total. The molecule has 2 heterocycles. The number of carbonyl (C=O) groups is 3. The lowest BCUT2D eigenvalue weighted by Gasteiger charge is -2.34. The second-order valence-electron chi connectivity index (χ2n) is 10.7. The number of esters is 1. The Morgan fingerprint density at radius 2 is 1.95 bits per heavy atom. The van der Waals surface area contributed by atoms with Crippen LogP contribution in [0.2, 0.25) is 0 Å². The van der Waals surface area contributed by atoms with E-state index in [2.05, 4.69) is 15.6 Å². The molecule has 2 aliphatic rings. The van der Waals surface area contributed by atoms with Gasteiger partial charge in [0.25, 0.3) is 0 Å². The van der Waals surface area contributed by atoms with Gasteiger partial charge in [0.2, 0.25) is 11.8 Å². The smallest absolute Gasteiger partial charge is 0.310 e. The molecule has 2 aromatic rings.